The van der Waals surface area contributed by atoms with Crippen LogP contribution < -0.4 is 10.6 Å². The third-order valence-electron chi connectivity index (χ3n) is 2.27. The number of amides is 2. The predicted molar refractivity (Wildman–Crippen MR) is 68.1 cm³/mol. The van der Waals surface area contributed by atoms with Gasteiger partial charge in [0.2, 0.25) is 5.89 Å². The lowest BCUT2D eigenvalue weighted by Gasteiger charge is -2.05. The number of hydrogen-bond donors (Lipinski definition) is 2. The molecule has 0 aliphatic heterocycles. The van der Waals surface area contributed by atoms with Gasteiger partial charge in [-0.1, -0.05) is 17.2 Å². The molecule has 0 aliphatic rings. The summed E-state index contributed by atoms with van der Waals surface area (Å²) in [6.07, 6.45) is 0. The summed E-state index contributed by atoms with van der Waals surface area (Å²) in [6, 6.07) is 6.10. The van der Waals surface area contributed by atoms with Gasteiger partial charge in [0.15, 0.2) is 5.78 Å². The molecule has 2 N–H and O–H groups in total. The maximum atomic E-state index is 11.6. The average Bonchev–Trinajstić information content (AvgIpc) is 2.74. The standard InChI is InChI=1S/C12H12N4O3/c1-7(17)9-4-3-5-10(6-9)13-11(18)14-12-16-15-8(2)19-12/h3-6H,1-2H3,(H2,13,14,16,18). The second-order valence-corrected chi connectivity index (χ2v) is 3.84. The van der Waals surface area contributed by atoms with Crippen LogP contribution in [0.5, 0.6) is 0 Å². The average molecular weight is 260 g/mol. The Kier molecular flexibility index (Phi) is 3.56. The quantitative estimate of drug-likeness (QED) is 0.825. The predicted octanol–water partition coefficient (Wildman–Crippen LogP) is 2.22. The van der Waals surface area contributed by atoms with Crippen LogP contribution in [0.3, 0.4) is 0 Å². The molecule has 98 valence electrons. The van der Waals surface area contributed by atoms with Crippen molar-refractivity contribution in [3.05, 3.63) is 35.7 Å². The van der Waals surface area contributed by atoms with E-state index in [1.165, 1.54) is 6.92 Å². The number of hydrogen-bond acceptors (Lipinski definition) is 5. The van der Waals surface area contributed by atoms with Gasteiger partial charge in [0, 0.05) is 18.2 Å². The van der Waals surface area contributed by atoms with Crippen LogP contribution in [-0.4, -0.2) is 22.0 Å². The number of benzene rings is 1. The Labute approximate surface area is 109 Å². The van der Waals surface area contributed by atoms with Gasteiger partial charge >= 0.3 is 12.0 Å². The number of aryl methyl sites for hydroxylation is 1. The van der Waals surface area contributed by atoms with Crippen molar-refractivity contribution in [1.29, 1.82) is 0 Å². The molecule has 0 unspecified atom stereocenters. The van der Waals surface area contributed by atoms with Crippen LogP contribution in [0.2, 0.25) is 0 Å². The van der Waals surface area contributed by atoms with Gasteiger partial charge in [0.05, 0.1) is 0 Å². The highest BCUT2D eigenvalue weighted by Gasteiger charge is 2.08. The van der Waals surface area contributed by atoms with Crippen molar-refractivity contribution >= 4 is 23.5 Å². The Morgan fingerprint density at radius 3 is 2.63 bits per heavy atom. The number of nitrogens with one attached hydrogen (secondary N) is 2. The minimum Gasteiger partial charge on any atom is -0.408 e. The van der Waals surface area contributed by atoms with E-state index in [1.807, 2.05) is 0 Å². The normalized spacial score (nSPS) is 10.0. The highest BCUT2D eigenvalue weighted by molar-refractivity contribution is 6.00. The van der Waals surface area contributed by atoms with Crippen LogP contribution in [0.15, 0.2) is 28.7 Å². The molecule has 1 heterocycles. The van der Waals surface area contributed by atoms with Gasteiger partial charge in [-0.2, -0.15) is 0 Å². The molecule has 2 amide bonds. The summed E-state index contributed by atoms with van der Waals surface area (Å²) in [5.74, 6) is 0.283. The monoisotopic (exact) mass is 260 g/mol. The second-order valence-electron chi connectivity index (χ2n) is 3.84. The number of Topliss-reactive ketones (excluding diaryl/α,β-unsaturated/α-hetero) is 1. The van der Waals surface area contributed by atoms with E-state index < -0.39 is 6.03 Å². The zero-order valence-electron chi connectivity index (χ0n) is 10.4. The molecule has 0 fully saturated rings. The lowest BCUT2D eigenvalue weighted by molar-refractivity contribution is 0.101. The van der Waals surface area contributed by atoms with Gasteiger partial charge in [-0.3, -0.25) is 10.1 Å². The Balaban J connectivity index is 2.02. The maximum Gasteiger partial charge on any atom is 0.327 e. The molecule has 0 radical (unpaired) electrons. The number of ketones is 1. The van der Waals surface area contributed by atoms with Crippen molar-refractivity contribution < 1.29 is 14.0 Å². The van der Waals surface area contributed by atoms with E-state index in [0.29, 0.717) is 17.1 Å². The molecule has 0 bridgehead atoms. The fourth-order valence-corrected chi connectivity index (χ4v) is 1.42. The van der Waals surface area contributed by atoms with E-state index in [1.54, 1.807) is 31.2 Å². The summed E-state index contributed by atoms with van der Waals surface area (Å²) in [5.41, 5.74) is 1.02. The van der Waals surface area contributed by atoms with Crippen molar-refractivity contribution in [2.24, 2.45) is 0 Å². The lowest BCUT2D eigenvalue weighted by atomic mass is 10.1. The molecule has 0 saturated carbocycles. The number of carbonyl (C=O) groups is 2. The minimum absolute atomic E-state index is 0.0118. The maximum absolute atomic E-state index is 11.6. The summed E-state index contributed by atoms with van der Waals surface area (Å²) >= 11 is 0. The van der Waals surface area contributed by atoms with E-state index in [2.05, 4.69) is 20.8 Å². The number of urea groups is 1. The first-order valence-electron chi connectivity index (χ1n) is 5.54. The molecule has 0 spiro atoms. The van der Waals surface area contributed by atoms with Crippen LogP contribution in [0.25, 0.3) is 0 Å². The van der Waals surface area contributed by atoms with Crippen molar-refractivity contribution in [3.8, 4) is 0 Å². The zero-order chi connectivity index (χ0) is 13.8. The van der Waals surface area contributed by atoms with Crippen LogP contribution >= 0.6 is 0 Å². The first-order valence-corrected chi connectivity index (χ1v) is 5.54. The molecular formula is C12H12N4O3. The van der Waals surface area contributed by atoms with E-state index in [4.69, 9.17) is 4.42 Å². The number of anilines is 2. The minimum atomic E-state index is -0.524. The molecule has 19 heavy (non-hydrogen) atoms. The lowest BCUT2D eigenvalue weighted by Crippen LogP contribution is -2.19. The van der Waals surface area contributed by atoms with E-state index in [0.717, 1.165) is 0 Å². The Morgan fingerprint density at radius 2 is 2.00 bits per heavy atom. The van der Waals surface area contributed by atoms with Gasteiger partial charge in [-0.25, -0.2) is 4.79 Å². The van der Waals surface area contributed by atoms with Gasteiger partial charge in [0.25, 0.3) is 0 Å². The van der Waals surface area contributed by atoms with Crippen molar-refractivity contribution in [3.63, 3.8) is 0 Å². The highest BCUT2D eigenvalue weighted by atomic mass is 16.4. The second kappa shape index (κ2) is 5.30. The fraction of sp³-hybridized carbons (Fsp3) is 0.167. The number of carbonyl (C=O) groups excluding carboxylic acids is 2. The van der Waals surface area contributed by atoms with E-state index in [-0.39, 0.29) is 11.8 Å². The van der Waals surface area contributed by atoms with Crippen LogP contribution in [-0.2, 0) is 0 Å². The Morgan fingerprint density at radius 1 is 1.21 bits per heavy atom. The molecule has 1 aromatic carbocycles. The summed E-state index contributed by atoms with van der Waals surface area (Å²) in [5, 5.41) is 12.2. The summed E-state index contributed by atoms with van der Waals surface area (Å²) in [6.45, 7) is 3.08. The molecule has 7 nitrogen and oxygen atoms in total. The fourth-order valence-electron chi connectivity index (χ4n) is 1.42. The molecule has 1 aromatic heterocycles. The largest absolute Gasteiger partial charge is 0.408 e. The summed E-state index contributed by atoms with van der Waals surface area (Å²) in [4.78, 5) is 22.9. The molecule has 7 heteroatoms. The smallest absolute Gasteiger partial charge is 0.327 e. The molecule has 0 saturated heterocycles. The number of nitrogens with zero attached hydrogens (tertiary/aromatic N) is 2. The molecule has 2 rings (SSSR count). The molecule has 0 atom stereocenters. The first kappa shape index (κ1) is 12.7. The number of rotatable bonds is 3. The summed E-state index contributed by atoms with van der Waals surface area (Å²) < 4.78 is 5.01. The molecule has 2 aromatic rings. The van der Waals surface area contributed by atoms with Crippen LogP contribution in [0, 0.1) is 6.92 Å². The SMILES string of the molecule is CC(=O)c1cccc(NC(=O)Nc2nnc(C)o2)c1. The summed E-state index contributed by atoms with van der Waals surface area (Å²) in [7, 11) is 0. The van der Waals surface area contributed by atoms with Gasteiger partial charge < -0.3 is 9.73 Å². The zero-order valence-corrected chi connectivity index (χ0v) is 10.4. The van der Waals surface area contributed by atoms with Crippen LogP contribution in [0.1, 0.15) is 23.2 Å². The van der Waals surface area contributed by atoms with Crippen molar-refractivity contribution in [2.75, 3.05) is 10.6 Å². The van der Waals surface area contributed by atoms with E-state index >= 15 is 0 Å². The highest BCUT2D eigenvalue weighted by Crippen LogP contribution is 2.12. The van der Waals surface area contributed by atoms with Gasteiger partial charge in [0.1, 0.15) is 0 Å². The Hall–Kier alpha value is -2.70. The van der Waals surface area contributed by atoms with Crippen LogP contribution in [0.4, 0.5) is 16.5 Å². The topological polar surface area (TPSA) is 97.1 Å². The third-order valence-corrected chi connectivity index (χ3v) is 2.27. The van der Waals surface area contributed by atoms with Crippen molar-refractivity contribution in [2.45, 2.75) is 13.8 Å². The first-order chi connectivity index (χ1) is 9.04. The van der Waals surface area contributed by atoms with Gasteiger partial charge in [-0.05, 0) is 19.1 Å². The Bertz CT molecular complexity index is 621. The van der Waals surface area contributed by atoms with Gasteiger partial charge in [-0.15, -0.1) is 5.10 Å². The van der Waals surface area contributed by atoms with E-state index in [9.17, 15) is 9.59 Å². The third kappa shape index (κ3) is 3.38. The van der Waals surface area contributed by atoms with Crippen molar-refractivity contribution in [1.82, 2.24) is 10.2 Å². The molecule has 0 aliphatic carbocycles. The molecular weight excluding hydrogens is 248 g/mol. The number of aromatic nitrogens is 2.